The normalized spacial score (nSPS) is 18.8. The Labute approximate surface area is 147 Å². The Hall–Kier alpha value is -2.82. The van der Waals surface area contributed by atoms with Crippen molar-refractivity contribution in [2.45, 2.75) is 31.6 Å². The van der Waals surface area contributed by atoms with Crippen molar-refractivity contribution in [2.75, 3.05) is 17.7 Å². The highest BCUT2D eigenvalue weighted by atomic mass is 16.5. The number of methoxy groups -OCH3 is 1. The van der Waals surface area contributed by atoms with Crippen LogP contribution in [0.1, 0.15) is 30.9 Å². The van der Waals surface area contributed by atoms with Gasteiger partial charge in [0.25, 0.3) is 0 Å². The first-order valence-electron chi connectivity index (χ1n) is 8.38. The van der Waals surface area contributed by atoms with Crippen LogP contribution in [-0.2, 0) is 21.4 Å². The molecule has 0 heterocycles. The molecular weight excluding hydrogens is 316 g/mol. The number of carbonyl (C=O) groups is 2. The summed E-state index contributed by atoms with van der Waals surface area (Å²) < 4.78 is 4.55. The second kappa shape index (κ2) is 6.97. The fourth-order valence-electron chi connectivity index (χ4n) is 3.35. The second-order valence-corrected chi connectivity index (χ2v) is 6.49. The summed E-state index contributed by atoms with van der Waals surface area (Å²) in [6.07, 6.45) is 2.33. The summed E-state index contributed by atoms with van der Waals surface area (Å²) in [5, 5.41) is 5.59. The third-order valence-electron chi connectivity index (χ3n) is 4.81. The molecule has 1 aliphatic rings. The Balaban J connectivity index is 1.75. The van der Waals surface area contributed by atoms with Crippen molar-refractivity contribution < 1.29 is 14.3 Å². The zero-order chi connectivity index (χ0) is 17.9. The Morgan fingerprint density at radius 2 is 1.64 bits per heavy atom. The van der Waals surface area contributed by atoms with Crippen molar-refractivity contribution in [2.24, 2.45) is 0 Å². The maximum atomic E-state index is 13.0. The van der Waals surface area contributed by atoms with Crippen molar-refractivity contribution in [3.05, 3.63) is 59.7 Å². The number of hydrogen-bond donors (Lipinski definition) is 2. The van der Waals surface area contributed by atoms with E-state index in [1.165, 1.54) is 12.7 Å². The lowest BCUT2D eigenvalue weighted by Gasteiger charge is -2.34. The van der Waals surface area contributed by atoms with Gasteiger partial charge in [-0.05, 0) is 61.6 Å². The van der Waals surface area contributed by atoms with Gasteiger partial charge in [-0.1, -0.05) is 24.3 Å². The molecule has 0 saturated heterocycles. The predicted molar refractivity (Wildman–Crippen MR) is 97.8 cm³/mol. The van der Waals surface area contributed by atoms with Crippen LogP contribution in [0.4, 0.5) is 16.2 Å². The van der Waals surface area contributed by atoms with E-state index in [0.29, 0.717) is 11.4 Å². The van der Waals surface area contributed by atoms with E-state index >= 15 is 0 Å². The molecule has 130 valence electrons. The van der Waals surface area contributed by atoms with Gasteiger partial charge >= 0.3 is 6.09 Å². The molecule has 0 radical (unpaired) electrons. The number of benzene rings is 2. The number of carbonyl (C=O) groups excluding carboxylic acids is 2. The van der Waals surface area contributed by atoms with Gasteiger partial charge < -0.3 is 10.1 Å². The van der Waals surface area contributed by atoms with Crippen LogP contribution < -0.4 is 10.6 Å². The van der Waals surface area contributed by atoms with Crippen LogP contribution in [0.15, 0.2) is 48.5 Å². The van der Waals surface area contributed by atoms with Gasteiger partial charge in [0.15, 0.2) is 0 Å². The van der Waals surface area contributed by atoms with Crippen molar-refractivity contribution in [3.63, 3.8) is 0 Å². The lowest BCUT2D eigenvalue weighted by Crippen LogP contribution is -2.40. The molecule has 3 rings (SSSR count). The second-order valence-electron chi connectivity index (χ2n) is 6.49. The minimum absolute atomic E-state index is 0.00618. The first-order valence-corrected chi connectivity index (χ1v) is 8.38. The molecule has 2 aromatic carbocycles. The van der Waals surface area contributed by atoms with Crippen LogP contribution in [0.3, 0.4) is 0 Å². The number of amides is 2. The van der Waals surface area contributed by atoms with Crippen LogP contribution in [0.25, 0.3) is 0 Å². The van der Waals surface area contributed by atoms with Crippen molar-refractivity contribution in [3.8, 4) is 0 Å². The van der Waals surface area contributed by atoms with Crippen LogP contribution in [0.5, 0.6) is 0 Å². The molecule has 1 aliphatic carbocycles. The summed E-state index contributed by atoms with van der Waals surface area (Å²) in [5.74, 6) is -0.00618. The SMILES string of the molecule is COC(=O)Nc1ccc(NC(=O)[C@@]2(C)CCCc3ccccc32)cc1. The van der Waals surface area contributed by atoms with Gasteiger partial charge in [0.2, 0.25) is 5.91 Å². The van der Waals surface area contributed by atoms with Gasteiger partial charge in [-0.3, -0.25) is 10.1 Å². The number of fused-ring (bicyclic) bond motifs is 1. The van der Waals surface area contributed by atoms with E-state index in [4.69, 9.17) is 0 Å². The number of anilines is 2. The van der Waals surface area contributed by atoms with Crippen LogP contribution in [0, 0.1) is 0 Å². The number of aryl methyl sites for hydroxylation is 1. The predicted octanol–water partition coefficient (Wildman–Crippen LogP) is 4.10. The Morgan fingerprint density at radius 1 is 1.00 bits per heavy atom. The maximum absolute atomic E-state index is 13.0. The highest BCUT2D eigenvalue weighted by Crippen LogP contribution is 2.38. The summed E-state index contributed by atoms with van der Waals surface area (Å²) >= 11 is 0. The lowest BCUT2D eigenvalue weighted by atomic mass is 9.70. The largest absolute Gasteiger partial charge is 0.453 e. The van der Waals surface area contributed by atoms with Crippen LogP contribution in [0.2, 0.25) is 0 Å². The molecular formula is C20H22N2O3. The fourth-order valence-corrected chi connectivity index (χ4v) is 3.35. The molecule has 25 heavy (non-hydrogen) atoms. The monoisotopic (exact) mass is 338 g/mol. The van der Waals surface area contributed by atoms with E-state index in [1.807, 2.05) is 19.1 Å². The Kier molecular flexibility index (Phi) is 4.74. The zero-order valence-electron chi connectivity index (χ0n) is 14.5. The molecule has 1 atom stereocenters. The van der Waals surface area contributed by atoms with Gasteiger partial charge in [-0.25, -0.2) is 4.79 Å². The minimum atomic E-state index is -0.530. The van der Waals surface area contributed by atoms with Gasteiger partial charge in [-0.2, -0.15) is 0 Å². The number of rotatable bonds is 3. The van der Waals surface area contributed by atoms with Crippen LogP contribution >= 0.6 is 0 Å². The van der Waals surface area contributed by atoms with E-state index in [9.17, 15) is 9.59 Å². The van der Waals surface area contributed by atoms with E-state index < -0.39 is 11.5 Å². The van der Waals surface area contributed by atoms with Crippen LogP contribution in [-0.4, -0.2) is 19.1 Å². The summed E-state index contributed by atoms with van der Waals surface area (Å²) in [5.41, 5.74) is 3.15. The zero-order valence-corrected chi connectivity index (χ0v) is 14.5. The Morgan fingerprint density at radius 3 is 2.32 bits per heavy atom. The molecule has 0 aromatic heterocycles. The standard InChI is InChI=1S/C20H22N2O3/c1-20(13-5-7-14-6-3-4-8-17(14)20)18(23)21-15-9-11-16(12-10-15)22-19(24)25-2/h3-4,6,8-12H,5,7,13H2,1-2H3,(H,21,23)(H,22,24)/t20-/m0/s1. The van der Waals surface area contributed by atoms with Gasteiger partial charge in [0.1, 0.15) is 0 Å². The van der Waals surface area contributed by atoms with E-state index in [-0.39, 0.29) is 5.91 Å². The highest BCUT2D eigenvalue weighted by molar-refractivity contribution is 5.99. The minimum Gasteiger partial charge on any atom is -0.453 e. The topological polar surface area (TPSA) is 67.4 Å². The van der Waals surface area contributed by atoms with Gasteiger partial charge in [0.05, 0.1) is 12.5 Å². The molecule has 2 amide bonds. The van der Waals surface area contributed by atoms with E-state index in [1.54, 1.807) is 24.3 Å². The molecule has 0 fully saturated rings. The maximum Gasteiger partial charge on any atom is 0.411 e. The molecule has 0 bridgehead atoms. The molecule has 0 spiro atoms. The lowest BCUT2D eigenvalue weighted by molar-refractivity contribution is -0.121. The number of ether oxygens (including phenoxy) is 1. The van der Waals surface area contributed by atoms with E-state index in [0.717, 1.165) is 24.8 Å². The number of hydrogen-bond acceptors (Lipinski definition) is 3. The van der Waals surface area contributed by atoms with Crippen molar-refractivity contribution in [1.29, 1.82) is 0 Å². The molecule has 5 heteroatoms. The molecule has 0 unspecified atom stereocenters. The molecule has 0 saturated carbocycles. The van der Waals surface area contributed by atoms with Gasteiger partial charge in [-0.15, -0.1) is 0 Å². The average molecular weight is 338 g/mol. The summed E-state index contributed by atoms with van der Waals surface area (Å²) in [7, 11) is 1.31. The summed E-state index contributed by atoms with van der Waals surface area (Å²) in [6.45, 7) is 2.01. The third kappa shape index (κ3) is 3.50. The van der Waals surface area contributed by atoms with Gasteiger partial charge in [0, 0.05) is 11.4 Å². The summed E-state index contributed by atoms with van der Waals surface area (Å²) in [4.78, 5) is 24.2. The molecule has 2 N–H and O–H groups in total. The smallest absolute Gasteiger partial charge is 0.411 e. The molecule has 5 nitrogen and oxygen atoms in total. The Bertz CT molecular complexity index is 786. The quantitative estimate of drug-likeness (QED) is 0.885. The molecule has 0 aliphatic heterocycles. The highest BCUT2D eigenvalue weighted by Gasteiger charge is 2.38. The third-order valence-corrected chi connectivity index (χ3v) is 4.81. The number of nitrogens with one attached hydrogen (secondary N) is 2. The molecule has 2 aromatic rings. The average Bonchev–Trinajstić information content (AvgIpc) is 2.63. The summed E-state index contributed by atoms with van der Waals surface area (Å²) in [6, 6.07) is 15.2. The van der Waals surface area contributed by atoms with Crippen molar-refractivity contribution >= 4 is 23.4 Å². The first kappa shape index (κ1) is 17.0. The first-order chi connectivity index (χ1) is 12.0. The van der Waals surface area contributed by atoms with Crippen molar-refractivity contribution in [1.82, 2.24) is 0 Å². The fraction of sp³-hybridized carbons (Fsp3) is 0.300. The van der Waals surface area contributed by atoms with E-state index in [2.05, 4.69) is 27.5 Å².